The van der Waals surface area contributed by atoms with E-state index in [1.54, 1.807) is 19.9 Å². The van der Waals surface area contributed by atoms with E-state index in [4.69, 9.17) is 24.7 Å². The smallest absolute Gasteiger partial charge is 0.326 e. The first-order valence-electron chi connectivity index (χ1n) is 13.1. The molecule has 0 amide bonds. The molecule has 1 aromatic rings. The van der Waals surface area contributed by atoms with Gasteiger partial charge in [0, 0.05) is 19.3 Å². The summed E-state index contributed by atoms with van der Waals surface area (Å²) in [5.41, 5.74) is 5.48. The van der Waals surface area contributed by atoms with Crippen LogP contribution in [0.2, 0.25) is 0 Å². The summed E-state index contributed by atoms with van der Waals surface area (Å²) in [4.78, 5) is 49.5. The summed E-state index contributed by atoms with van der Waals surface area (Å²) in [5, 5.41) is 0. The molecule has 0 bridgehead atoms. The fourth-order valence-corrected chi connectivity index (χ4v) is 3.80. The maximum absolute atomic E-state index is 12.7. The van der Waals surface area contributed by atoms with Gasteiger partial charge < -0.3 is 24.7 Å². The first kappa shape index (κ1) is 32.1. The molecule has 208 valence electrons. The van der Waals surface area contributed by atoms with Gasteiger partial charge in [0.25, 0.3) is 0 Å². The van der Waals surface area contributed by atoms with Gasteiger partial charge in [-0.05, 0) is 37.0 Å². The summed E-state index contributed by atoms with van der Waals surface area (Å²) < 4.78 is 21.3. The predicted octanol–water partition coefficient (Wildman–Crippen LogP) is 4.52. The van der Waals surface area contributed by atoms with Gasteiger partial charge in [-0.3, -0.25) is 19.2 Å². The average Bonchev–Trinajstić information content (AvgIpc) is 2.85. The van der Waals surface area contributed by atoms with E-state index in [1.807, 2.05) is 20.8 Å². The zero-order valence-electron chi connectivity index (χ0n) is 23.1. The highest BCUT2D eigenvalue weighted by Gasteiger charge is 2.36. The lowest BCUT2D eigenvalue weighted by Crippen LogP contribution is -2.51. The maximum Gasteiger partial charge on any atom is 0.326 e. The lowest BCUT2D eigenvalue weighted by molar-refractivity contribution is -0.151. The summed E-state index contributed by atoms with van der Waals surface area (Å²) in [6.45, 7) is 9.31. The number of carbonyl (C=O) groups is 4. The molecule has 0 aromatic heterocycles. The second-order valence-electron chi connectivity index (χ2n) is 9.55. The number of benzene rings is 1. The van der Waals surface area contributed by atoms with Crippen LogP contribution in [0.4, 0.5) is 0 Å². The van der Waals surface area contributed by atoms with Crippen molar-refractivity contribution < 1.29 is 38.1 Å². The summed E-state index contributed by atoms with van der Waals surface area (Å²) >= 11 is 0. The molecule has 0 spiro atoms. The van der Waals surface area contributed by atoms with Gasteiger partial charge in [0.2, 0.25) is 0 Å². The predicted molar refractivity (Wildman–Crippen MR) is 139 cm³/mol. The minimum atomic E-state index is -1.49. The number of hydrogen-bond donors (Lipinski definition) is 1. The Labute approximate surface area is 220 Å². The largest absolute Gasteiger partial charge is 0.468 e. The quantitative estimate of drug-likeness (QED) is 0.246. The van der Waals surface area contributed by atoms with Crippen LogP contribution in [0.3, 0.4) is 0 Å². The van der Waals surface area contributed by atoms with E-state index in [0.717, 1.165) is 12.8 Å². The molecular weight excluding hydrogens is 478 g/mol. The van der Waals surface area contributed by atoms with E-state index in [0.29, 0.717) is 24.8 Å². The van der Waals surface area contributed by atoms with E-state index in [1.165, 1.54) is 19.2 Å². The first-order valence-corrected chi connectivity index (χ1v) is 13.1. The van der Waals surface area contributed by atoms with Crippen molar-refractivity contribution in [2.24, 2.45) is 17.6 Å². The molecule has 3 atom stereocenters. The summed E-state index contributed by atoms with van der Waals surface area (Å²) in [6.07, 6.45) is 3.91. The van der Waals surface area contributed by atoms with Crippen molar-refractivity contribution in [2.75, 3.05) is 13.7 Å². The van der Waals surface area contributed by atoms with E-state index in [-0.39, 0.29) is 55.2 Å². The number of nitrogens with two attached hydrogens (primary N) is 1. The lowest BCUT2D eigenvalue weighted by Gasteiger charge is -2.27. The third-order valence-electron chi connectivity index (χ3n) is 6.05. The molecule has 0 fully saturated rings. The number of ether oxygens (including phenoxy) is 4. The van der Waals surface area contributed by atoms with E-state index in [9.17, 15) is 19.2 Å². The highest BCUT2D eigenvalue weighted by molar-refractivity contribution is 5.81. The third kappa shape index (κ3) is 10.5. The zero-order chi connectivity index (χ0) is 28.0. The number of rotatable bonds is 16. The Balaban J connectivity index is 3.24. The monoisotopic (exact) mass is 521 g/mol. The normalized spacial score (nSPS) is 14.1. The highest BCUT2D eigenvalue weighted by Crippen LogP contribution is 2.32. The standard InChI is InChI=1S/C28H43NO8/c1-7-10-19(4)25(31)36-22-14-13-21(17-23(22)37-26(32)20(5)11-8-2)18-28(29,27(33)34-6)15-16-35-24(30)12-9-3/h13-14,17,19-20H,7-12,15-16,18,29H2,1-6H3/t19?,20?,28-/m1/s1. The van der Waals surface area contributed by atoms with Crippen LogP contribution in [0.25, 0.3) is 0 Å². The molecule has 0 aliphatic carbocycles. The average molecular weight is 522 g/mol. The van der Waals surface area contributed by atoms with E-state index >= 15 is 0 Å². The summed E-state index contributed by atoms with van der Waals surface area (Å²) in [6, 6.07) is 4.71. The molecule has 0 radical (unpaired) electrons. The Bertz CT molecular complexity index is 915. The number of methoxy groups -OCH3 is 1. The molecule has 37 heavy (non-hydrogen) atoms. The van der Waals surface area contributed by atoms with Gasteiger partial charge in [0.05, 0.1) is 25.6 Å². The Morgan fingerprint density at radius 3 is 1.97 bits per heavy atom. The molecule has 2 N–H and O–H groups in total. The van der Waals surface area contributed by atoms with Crippen LogP contribution in [-0.2, 0) is 35.1 Å². The third-order valence-corrected chi connectivity index (χ3v) is 6.05. The molecule has 0 heterocycles. The summed E-state index contributed by atoms with van der Waals surface area (Å²) in [5.74, 6) is -2.40. The van der Waals surface area contributed by atoms with Crippen molar-refractivity contribution in [3.05, 3.63) is 23.8 Å². The van der Waals surface area contributed by atoms with E-state index < -0.39 is 23.4 Å². The van der Waals surface area contributed by atoms with Crippen molar-refractivity contribution in [1.82, 2.24) is 0 Å². The van der Waals surface area contributed by atoms with Gasteiger partial charge >= 0.3 is 23.9 Å². The second-order valence-corrected chi connectivity index (χ2v) is 9.55. The molecule has 0 saturated carbocycles. The molecule has 0 saturated heterocycles. The van der Waals surface area contributed by atoms with Crippen LogP contribution >= 0.6 is 0 Å². The van der Waals surface area contributed by atoms with Gasteiger partial charge in [-0.15, -0.1) is 0 Å². The lowest BCUT2D eigenvalue weighted by atomic mass is 9.88. The number of carbonyl (C=O) groups excluding carboxylic acids is 4. The van der Waals surface area contributed by atoms with Gasteiger partial charge in [0.1, 0.15) is 5.54 Å². The number of hydrogen-bond acceptors (Lipinski definition) is 9. The Morgan fingerprint density at radius 1 is 0.892 bits per heavy atom. The van der Waals surface area contributed by atoms with Crippen LogP contribution in [0.15, 0.2) is 18.2 Å². The van der Waals surface area contributed by atoms with Gasteiger partial charge in [-0.2, -0.15) is 0 Å². The topological polar surface area (TPSA) is 131 Å². The molecule has 9 nitrogen and oxygen atoms in total. The molecule has 0 aliphatic heterocycles. The van der Waals surface area contributed by atoms with Gasteiger partial charge in [0.15, 0.2) is 11.5 Å². The molecule has 1 rings (SSSR count). The Morgan fingerprint density at radius 2 is 1.46 bits per heavy atom. The Hall–Kier alpha value is -2.94. The molecule has 9 heteroatoms. The SMILES string of the molecule is CCCC(=O)OCC[C@@](N)(Cc1ccc(OC(=O)C(C)CCC)c(OC(=O)C(C)CCC)c1)C(=O)OC. The Kier molecular flexibility index (Phi) is 13.9. The number of esters is 4. The van der Waals surface area contributed by atoms with Crippen LogP contribution in [0.5, 0.6) is 11.5 Å². The van der Waals surface area contributed by atoms with Crippen LogP contribution < -0.4 is 15.2 Å². The second kappa shape index (κ2) is 16.0. The van der Waals surface area contributed by atoms with Crippen molar-refractivity contribution in [2.45, 2.75) is 91.5 Å². The fraction of sp³-hybridized carbons (Fsp3) is 0.643. The van der Waals surface area contributed by atoms with Crippen LogP contribution in [0, 0.1) is 11.8 Å². The minimum Gasteiger partial charge on any atom is -0.468 e. The van der Waals surface area contributed by atoms with Crippen molar-refractivity contribution in [3.8, 4) is 11.5 Å². The maximum atomic E-state index is 12.7. The van der Waals surface area contributed by atoms with E-state index in [2.05, 4.69) is 0 Å². The van der Waals surface area contributed by atoms with Crippen molar-refractivity contribution in [1.29, 1.82) is 0 Å². The molecular formula is C28H43NO8. The van der Waals surface area contributed by atoms with Crippen molar-refractivity contribution >= 4 is 23.9 Å². The van der Waals surface area contributed by atoms with Gasteiger partial charge in [-0.1, -0.05) is 53.5 Å². The summed E-state index contributed by atoms with van der Waals surface area (Å²) in [7, 11) is 1.23. The highest BCUT2D eigenvalue weighted by atomic mass is 16.6. The minimum absolute atomic E-state index is 0.0144. The molecule has 1 aromatic carbocycles. The fourth-order valence-electron chi connectivity index (χ4n) is 3.80. The first-order chi connectivity index (χ1) is 17.5. The van der Waals surface area contributed by atoms with Crippen LogP contribution in [-0.4, -0.2) is 43.1 Å². The van der Waals surface area contributed by atoms with Crippen molar-refractivity contribution in [3.63, 3.8) is 0 Å². The van der Waals surface area contributed by atoms with Crippen LogP contribution in [0.1, 0.15) is 85.1 Å². The molecule has 2 unspecified atom stereocenters. The zero-order valence-corrected chi connectivity index (χ0v) is 23.1. The molecule has 0 aliphatic rings. The van der Waals surface area contributed by atoms with Gasteiger partial charge in [-0.25, -0.2) is 0 Å².